The number of hydrogen-bond acceptors (Lipinski definition) is 6. The van der Waals surface area contributed by atoms with Crippen LogP contribution in [0.25, 0.3) is 6.08 Å². The van der Waals surface area contributed by atoms with Gasteiger partial charge in [0.05, 0.1) is 25.4 Å². The lowest BCUT2D eigenvalue weighted by Crippen LogP contribution is -2.50. The van der Waals surface area contributed by atoms with Crippen LogP contribution in [0.4, 0.5) is 0 Å². The molecule has 0 unspecified atom stereocenters. The number of methoxy groups -OCH3 is 1. The summed E-state index contributed by atoms with van der Waals surface area (Å²) in [4.78, 5) is 4.16. The highest BCUT2D eigenvalue weighted by molar-refractivity contribution is 5.37. The molecule has 2 aromatic rings. The van der Waals surface area contributed by atoms with Gasteiger partial charge in [-0.1, -0.05) is 50.3 Å². The van der Waals surface area contributed by atoms with Gasteiger partial charge in [-0.15, -0.1) is 0 Å². The Labute approximate surface area is 166 Å². The van der Waals surface area contributed by atoms with E-state index in [9.17, 15) is 0 Å². The van der Waals surface area contributed by atoms with Gasteiger partial charge in [-0.2, -0.15) is 0 Å². The van der Waals surface area contributed by atoms with E-state index in [1.54, 1.807) is 13.2 Å². The second-order valence-electron chi connectivity index (χ2n) is 7.23. The minimum absolute atomic E-state index is 0.0278. The first-order valence-corrected chi connectivity index (χ1v) is 9.68. The van der Waals surface area contributed by atoms with Crippen LogP contribution in [-0.2, 0) is 27.4 Å². The molecule has 6 nitrogen and oxygen atoms in total. The maximum absolute atomic E-state index is 9.06. The molecule has 2 heterocycles. The van der Waals surface area contributed by atoms with E-state index < -0.39 is 0 Å². The molecule has 1 N–H and O–H groups in total. The third-order valence-electron chi connectivity index (χ3n) is 5.24. The van der Waals surface area contributed by atoms with Crippen LogP contribution < -0.4 is 0 Å². The Morgan fingerprint density at radius 1 is 1.18 bits per heavy atom. The van der Waals surface area contributed by atoms with Gasteiger partial charge in [0.2, 0.25) is 5.89 Å². The van der Waals surface area contributed by atoms with Gasteiger partial charge in [-0.25, -0.2) is 4.98 Å². The molecular formula is C22H29NO5. The van der Waals surface area contributed by atoms with Crippen molar-refractivity contribution in [1.82, 2.24) is 4.98 Å². The van der Waals surface area contributed by atoms with Crippen molar-refractivity contribution < 1.29 is 23.7 Å². The van der Waals surface area contributed by atoms with E-state index >= 15 is 0 Å². The van der Waals surface area contributed by atoms with Crippen molar-refractivity contribution in [2.24, 2.45) is 11.8 Å². The molecular weight excluding hydrogens is 358 g/mol. The van der Waals surface area contributed by atoms with Gasteiger partial charge in [0.25, 0.3) is 0 Å². The molecule has 1 saturated heterocycles. The molecule has 0 radical (unpaired) electrons. The SMILES string of the molecule is CO[C@H]1O[C@H](C/C=C/c2nc(CO)co2)[C@H](C)[C@H](OCc2ccccc2)[C@H]1C. The highest BCUT2D eigenvalue weighted by atomic mass is 16.7. The van der Waals surface area contributed by atoms with Crippen LogP contribution in [0.15, 0.2) is 47.1 Å². The van der Waals surface area contributed by atoms with Crippen molar-refractivity contribution in [3.05, 3.63) is 59.8 Å². The summed E-state index contributed by atoms with van der Waals surface area (Å²) in [7, 11) is 1.67. The lowest BCUT2D eigenvalue weighted by Gasteiger charge is -2.43. The molecule has 1 aliphatic heterocycles. The van der Waals surface area contributed by atoms with E-state index in [4.69, 9.17) is 23.7 Å². The molecule has 28 heavy (non-hydrogen) atoms. The highest BCUT2D eigenvalue weighted by Gasteiger charge is 2.41. The second-order valence-corrected chi connectivity index (χ2v) is 7.23. The Kier molecular flexibility index (Phi) is 7.39. The monoisotopic (exact) mass is 387 g/mol. The van der Waals surface area contributed by atoms with Crippen molar-refractivity contribution in [2.75, 3.05) is 7.11 Å². The van der Waals surface area contributed by atoms with Gasteiger partial charge in [-0.3, -0.25) is 0 Å². The number of aliphatic hydroxyl groups excluding tert-OH is 1. The first-order valence-electron chi connectivity index (χ1n) is 9.68. The largest absolute Gasteiger partial charge is 0.445 e. The molecule has 152 valence electrons. The lowest BCUT2D eigenvalue weighted by molar-refractivity contribution is -0.261. The third kappa shape index (κ3) is 5.08. The molecule has 1 aliphatic rings. The predicted molar refractivity (Wildman–Crippen MR) is 105 cm³/mol. The molecule has 5 atom stereocenters. The predicted octanol–water partition coefficient (Wildman–Crippen LogP) is 3.80. The highest BCUT2D eigenvalue weighted by Crippen LogP contribution is 2.34. The summed E-state index contributed by atoms with van der Waals surface area (Å²) in [5.74, 6) is 0.802. The number of benzene rings is 1. The van der Waals surface area contributed by atoms with Crippen molar-refractivity contribution in [1.29, 1.82) is 0 Å². The van der Waals surface area contributed by atoms with Crippen LogP contribution >= 0.6 is 0 Å². The maximum atomic E-state index is 9.06. The molecule has 0 spiro atoms. The lowest BCUT2D eigenvalue weighted by atomic mass is 9.84. The van der Waals surface area contributed by atoms with Gasteiger partial charge < -0.3 is 23.7 Å². The number of oxazole rings is 1. The van der Waals surface area contributed by atoms with Crippen molar-refractivity contribution in [2.45, 2.75) is 52.0 Å². The summed E-state index contributed by atoms with van der Waals surface area (Å²) >= 11 is 0. The normalized spacial score (nSPS) is 28.1. The number of aromatic nitrogens is 1. The van der Waals surface area contributed by atoms with Crippen LogP contribution in [0.3, 0.4) is 0 Å². The summed E-state index contributed by atoms with van der Waals surface area (Å²) in [6.07, 6.45) is 5.61. The number of hydrogen-bond donors (Lipinski definition) is 1. The average molecular weight is 387 g/mol. The summed E-state index contributed by atoms with van der Waals surface area (Å²) < 4.78 is 23.3. The minimum Gasteiger partial charge on any atom is -0.445 e. The van der Waals surface area contributed by atoms with E-state index in [1.807, 2.05) is 24.3 Å². The Bertz CT molecular complexity index is 744. The summed E-state index contributed by atoms with van der Waals surface area (Å²) in [5, 5.41) is 9.06. The van der Waals surface area contributed by atoms with Crippen molar-refractivity contribution in [3.8, 4) is 0 Å². The fraction of sp³-hybridized carbons (Fsp3) is 0.500. The summed E-state index contributed by atoms with van der Waals surface area (Å²) in [6, 6.07) is 10.2. The molecule has 6 heteroatoms. The van der Waals surface area contributed by atoms with Crippen molar-refractivity contribution >= 4 is 6.08 Å². The third-order valence-corrected chi connectivity index (χ3v) is 5.24. The molecule has 1 aromatic heterocycles. The standard InChI is InChI=1S/C22H29NO5/c1-15-19(10-7-11-20-23-18(12-24)14-26-20)28-22(25-3)16(2)21(15)27-13-17-8-5-4-6-9-17/h4-9,11,14-16,19,21-22,24H,10,12-13H2,1-3H3/b11-7+/t15-,16+,19+,21-,22-/m0/s1. The van der Waals surface area contributed by atoms with E-state index in [0.717, 1.165) is 5.56 Å². The van der Waals surface area contributed by atoms with Gasteiger partial charge in [0.1, 0.15) is 12.0 Å². The fourth-order valence-corrected chi connectivity index (χ4v) is 3.65. The zero-order valence-corrected chi connectivity index (χ0v) is 16.7. The molecule has 0 aliphatic carbocycles. The van der Waals surface area contributed by atoms with Crippen LogP contribution in [0, 0.1) is 11.8 Å². The number of rotatable bonds is 8. The quantitative estimate of drug-likeness (QED) is 0.743. The Balaban J connectivity index is 1.63. The van der Waals surface area contributed by atoms with Crippen molar-refractivity contribution in [3.63, 3.8) is 0 Å². The summed E-state index contributed by atoms with van der Waals surface area (Å²) in [5.41, 5.74) is 1.67. The molecule has 0 bridgehead atoms. The second kappa shape index (κ2) is 9.98. The molecule has 0 saturated carbocycles. The zero-order chi connectivity index (χ0) is 19.9. The first-order chi connectivity index (χ1) is 13.6. The topological polar surface area (TPSA) is 74.0 Å². The Morgan fingerprint density at radius 3 is 2.64 bits per heavy atom. The van der Waals surface area contributed by atoms with E-state index in [1.165, 1.54) is 6.26 Å². The first kappa shape index (κ1) is 20.7. The Hall–Kier alpha value is -1.99. The maximum Gasteiger partial charge on any atom is 0.218 e. The molecule has 0 amide bonds. The van der Waals surface area contributed by atoms with Gasteiger partial charge in [-0.05, 0) is 18.1 Å². The number of aliphatic hydroxyl groups is 1. The fourth-order valence-electron chi connectivity index (χ4n) is 3.65. The molecule has 1 fully saturated rings. The summed E-state index contributed by atoms with van der Waals surface area (Å²) in [6.45, 7) is 4.70. The van der Waals surface area contributed by atoms with Gasteiger partial charge in [0.15, 0.2) is 6.29 Å². The smallest absolute Gasteiger partial charge is 0.218 e. The number of ether oxygens (including phenoxy) is 3. The van der Waals surface area contributed by atoms with E-state index in [-0.39, 0.29) is 36.9 Å². The van der Waals surface area contributed by atoms with Gasteiger partial charge >= 0.3 is 0 Å². The van der Waals surface area contributed by atoms with Crippen LogP contribution in [0.5, 0.6) is 0 Å². The average Bonchev–Trinajstić information content (AvgIpc) is 3.18. The van der Waals surface area contributed by atoms with Crippen LogP contribution in [0.2, 0.25) is 0 Å². The number of nitrogens with zero attached hydrogens (tertiary/aromatic N) is 1. The molecule has 3 rings (SSSR count). The zero-order valence-electron chi connectivity index (χ0n) is 16.7. The van der Waals surface area contributed by atoms with E-state index in [2.05, 4.69) is 31.0 Å². The van der Waals surface area contributed by atoms with Crippen LogP contribution in [0.1, 0.15) is 37.4 Å². The minimum atomic E-state index is -0.307. The Morgan fingerprint density at radius 2 is 1.96 bits per heavy atom. The molecule has 1 aromatic carbocycles. The van der Waals surface area contributed by atoms with Crippen LogP contribution in [-0.4, -0.2) is 35.7 Å². The van der Waals surface area contributed by atoms with E-state index in [0.29, 0.717) is 24.6 Å². The van der Waals surface area contributed by atoms with Gasteiger partial charge in [0, 0.05) is 18.9 Å².